The molecular formula is C46H43ClN6O3. The maximum Gasteiger partial charge on any atom is 0.255 e. The molecule has 4 heterocycles. The van der Waals surface area contributed by atoms with Gasteiger partial charge in [0.2, 0.25) is 11.8 Å². The van der Waals surface area contributed by atoms with E-state index in [0.717, 1.165) is 77.2 Å². The van der Waals surface area contributed by atoms with Gasteiger partial charge in [0.05, 0.1) is 22.8 Å². The van der Waals surface area contributed by atoms with Crippen LogP contribution in [0.1, 0.15) is 88.0 Å². The molecule has 3 fully saturated rings. The standard InChI is InChI=1S/C46H43ClN6O3/c1-29-30(2)53(50-44(29)37-17-18-38(23-48)41(47)22-37)27-35-12-6-32(7-13-35)8-14-36-25-51(26-36)24-34-10-4-31(5-11-34)3-9-33-15-16-39-28-52(46(56)40(39)21-33)42-19-20-43(54)49-45(42)55/h6-7,12-13,15-18,21-22,31,34,36,42H,4-5,10-11,19-20,24-28H2,1-2H3,(H,49,54,55). The van der Waals surface area contributed by atoms with Gasteiger partial charge >= 0.3 is 0 Å². The molecule has 4 aromatic rings. The molecule has 0 bridgehead atoms. The number of nitrogens with one attached hydrogen (secondary N) is 1. The summed E-state index contributed by atoms with van der Waals surface area (Å²) in [6, 6.07) is 21.2. The van der Waals surface area contributed by atoms with E-state index in [4.69, 9.17) is 16.7 Å². The summed E-state index contributed by atoms with van der Waals surface area (Å²) in [4.78, 5) is 41.2. The maximum absolute atomic E-state index is 13.2. The van der Waals surface area contributed by atoms with Crippen LogP contribution in [0.4, 0.5) is 0 Å². The number of carbonyl (C=O) groups excluding carboxylic acids is 3. The zero-order valence-corrected chi connectivity index (χ0v) is 32.5. The number of hydrogen-bond donors (Lipinski definition) is 1. The van der Waals surface area contributed by atoms with Gasteiger partial charge in [0, 0.05) is 72.4 Å². The van der Waals surface area contributed by atoms with Crippen LogP contribution in [0.15, 0.2) is 60.7 Å². The van der Waals surface area contributed by atoms with Crippen LogP contribution >= 0.6 is 11.6 Å². The normalized spacial score (nSPS) is 20.9. The first-order valence-corrected chi connectivity index (χ1v) is 19.9. The lowest BCUT2D eigenvalue weighted by atomic mass is 9.81. The summed E-state index contributed by atoms with van der Waals surface area (Å²) < 4.78 is 2.02. The summed E-state index contributed by atoms with van der Waals surface area (Å²) >= 11 is 6.30. The Kier molecular flexibility index (Phi) is 10.5. The Hall–Kier alpha value is -5.66. The molecule has 1 aliphatic carbocycles. The molecule has 56 heavy (non-hydrogen) atoms. The Bertz CT molecular complexity index is 2390. The SMILES string of the molecule is Cc1c(-c2ccc(C#N)c(Cl)c2)nn(Cc2ccc(C#CC3CN(CC4CCC(C#Cc5ccc6c(c5)C(=O)N(C5CCC(=O)NC5=O)C6)CC4)C3)cc2)c1C. The fraction of sp³-hybridized carbons (Fsp3) is 0.370. The largest absolute Gasteiger partial charge is 0.322 e. The van der Waals surface area contributed by atoms with E-state index < -0.39 is 11.9 Å². The van der Waals surface area contributed by atoms with Crippen molar-refractivity contribution in [1.82, 2.24) is 24.9 Å². The highest BCUT2D eigenvalue weighted by molar-refractivity contribution is 6.32. The number of piperidine rings is 1. The van der Waals surface area contributed by atoms with Crippen molar-refractivity contribution in [2.45, 2.75) is 71.5 Å². The minimum Gasteiger partial charge on any atom is -0.322 e. The average Bonchev–Trinajstić information content (AvgIpc) is 3.66. The van der Waals surface area contributed by atoms with Gasteiger partial charge in [0.1, 0.15) is 12.1 Å². The molecule has 9 nitrogen and oxygen atoms in total. The number of fused-ring (bicyclic) bond motifs is 1. The van der Waals surface area contributed by atoms with Crippen LogP contribution in [0.5, 0.6) is 0 Å². The second kappa shape index (κ2) is 15.8. The van der Waals surface area contributed by atoms with Crippen molar-refractivity contribution in [3.63, 3.8) is 0 Å². The number of aromatic nitrogens is 2. The van der Waals surface area contributed by atoms with E-state index >= 15 is 0 Å². The zero-order chi connectivity index (χ0) is 38.9. The van der Waals surface area contributed by atoms with Gasteiger partial charge < -0.3 is 9.80 Å². The lowest BCUT2D eigenvalue weighted by Crippen LogP contribution is -2.52. The van der Waals surface area contributed by atoms with Gasteiger partial charge in [0.15, 0.2) is 0 Å². The summed E-state index contributed by atoms with van der Waals surface area (Å²) in [5, 5.41) is 16.9. The van der Waals surface area contributed by atoms with E-state index in [9.17, 15) is 19.6 Å². The molecule has 3 amide bonds. The number of benzene rings is 3. The third-order valence-electron chi connectivity index (χ3n) is 11.8. The zero-order valence-electron chi connectivity index (χ0n) is 31.7. The first kappa shape index (κ1) is 37.3. The molecule has 1 aromatic heterocycles. The molecule has 4 aliphatic rings. The summed E-state index contributed by atoms with van der Waals surface area (Å²) in [7, 11) is 0. The Morgan fingerprint density at radius 3 is 2.34 bits per heavy atom. The van der Waals surface area contributed by atoms with E-state index in [0.29, 0.717) is 53.4 Å². The van der Waals surface area contributed by atoms with Gasteiger partial charge in [-0.1, -0.05) is 59.5 Å². The monoisotopic (exact) mass is 762 g/mol. The Morgan fingerprint density at radius 2 is 1.61 bits per heavy atom. The van der Waals surface area contributed by atoms with Crippen LogP contribution in [0.25, 0.3) is 11.3 Å². The number of imide groups is 1. The lowest BCUT2D eigenvalue weighted by molar-refractivity contribution is -0.136. The van der Waals surface area contributed by atoms with Gasteiger partial charge in [-0.25, -0.2) is 0 Å². The van der Waals surface area contributed by atoms with E-state index in [-0.39, 0.29) is 18.2 Å². The highest BCUT2D eigenvalue weighted by Gasteiger charge is 2.39. The minimum atomic E-state index is -0.606. The second-order valence-electron chi connectivity index (χ2n) is 15.7. The van der Waals surface area contributed by atoms with Gasteiger partial charge in [-0.2, -0.15) is 10.4 Å². The van der Waals surface area contributed by atoms with Crippen molar-refractivity contribution in [3.05, 3.63) is 110 Å². The van der Waals surface area contributed by atoms with Crippen LogP contribution in [-0.4, -0.2) is 63.0 Å². The Morgan fingerprint density at radius 1 is 0.875 bits per heavy atom. The van der Waals surface area contributed by atoms with Gasteiger partial charge in [-0.3, -0.25) is 24.4 Å². The van der Waals surface area contributed by atoms with E-state index in [1.807, 2.05) is 35.0 Å². The second-order valence-corrected chi connectivity index (χ2v) is 16.1. The van der Waals surface area contributed by atoms with E-state index in [1.54, 1.807) is 11.0 Å². The van der Waals surface area contributed by atoms with Crippen LogP contribution in [0.3, 0.4) is 0 Å². The number of likely N-dealkylation sites (tertiary alicyclic amines) is 1. The number of rotatable bonds is 6. The van der Waals surface area contributed by atoms with Crippen LogP contribution in [0.2, 0.25) is 5.02 Å². The molecule has 1 saturated carbocycles. The molecule has 282 valence electrons. The molecule has 3 aliphatic heterocycles. The quantitative estimate of drug-likeness (QED) is 0.174. The Labute approximate surface area is 333 Å². The maximum atomic E-state index is 13.2. The molecule has 10 heteroatoms. The minimum absolute atomic E-state index is 0.164. The van der Waals surface area contributed by atoms with Crippen LogP contribution < -0.4 is 5.32 Å². The molecule has 8 rings (SSSR count). The average molecular weight is 763 g/mol. The third-order valence-corrected chi connectivity index (χ3v) is 12.2. The van der Waals surface area contributed by atoms with Crippen molar-refractivity contribution in [2.24, 2.45) is 17.8 Å². The molecular weight excluding hydrogens is 720 g/mol. The topological polar surface area (TPSA) is 111 Å². The first-order chi connectivity index (χ1) is 27.1. The summed E-state index contributed by atoms with van der Waals surface area (Å²) in [6.45, 7) is 8.34. The molecule has 0 spiro atoms. The smallest absolute Gasteiger partial charge is 0.255 e. The van der Waals surface area contributed by atoms with Crippen molar-refractivity contribution < 1.29 is 14.4 Å². The van der Waals surface area contributed by atoms with E-state index in [2.05, 4.69) is 78.1 Å². The predicted molar refractivity (Wildman–Crippen MR) is 214 cm³/mol. The first-order valence-electron chi connectivity index (χ1n) is 19.5. The van der Waals surface area contributed by atoms with E-state index in [1.165, 1.54) is 12.8 Å². The number of amides is 3. The van der Waals surface area contributed by atoms with Crippen molar-refractivity contribution in [3.8, 4) is 41.0 Å². The highest BCUT2D eigenvalue weighted by atomic mass is 35.5. The van der Waals surface area contributed by atoms with Gasteiger partial charge in [0.25, 0.3) is 5.91 Å². The third kappa shape index (κ3) is 7.87. The van der Waals surface area contributed by atoms with Crippen LogP contribution in [0, 0.1) is 66.6 Å². The molecule has 1 unspecified atom stereocenters. The van der Waals surface area contributed by atoms with Gasteiger partial charge in [-0.15, -0.1) is 0 Å². The molecule has 2 saturated heterocycles. The number of nitriles is 1. The van der Waals surface area contributed by atoms with Crippen molar-refractivity contribution >= 4 is 29.3 Å². The molecule has 1 atom stereocenters. The Balaban J connectivity index is 0.773. The fourth-order valence-corrected chi connectivity index (χ4v) is 8.57. The highest BCUT2D eigenvalue weighted by Crippen LogP contribution is 2.32. The molecule has 0 radical (unpaired) electrons. The van der Waals surface area contributed by atoms with Crippen LogP contribution in [-0.2, 0) is 22.7 Å². The summed E-state index contributed by atoms with van der Waals surface area (Å²) in [5.74, 6) is 14.3. The number of nitrogens with zero attached hydrogens (tertiary/aromatic N) is 5. The number of halogens is 1. The lowest BCUT2D eigenvalue weighted by Gasteiger charge is -2.40. The van der Waals surface area contributed by atoms with Crippen molar-refractivity contribution in [2.75, 3.05) is 19.6 Å². The summed E-state index contributed by atoms with van der Waals surface area (Å²) in [6.07, 6.45) is 5.13. The van der Waals surface area contributed by atoms with Gasteiger partial charge in [-0.05, 0) is 105 Å². The summed E-state index contributed by atoms with van der Waals surface area (Å²) in [5.41, 5.74) is 8.93. The number of hydrogen-bond acceptors (Lipinski definition) is 6. The molecule has 1 N–H and O–H groups in total. The fourth-order valence-electron chi connectivity index (χ4n) is 8.35. The predicted octanol–water partition coefficient (Wildman–Crippen LogP) is 6.64. The molecule has 3 aromatic carbocycles. The number of carbonyl (C=O) groups is 3. The van der Waals surface area contributed by atoms with Crippen molar-refractivity contribution in [1.29, 1.82) is 5.26 Å².